The van der Waals surface area contributed by atoms with E-state index in [1.54, 1.807) is 0 Å². The summed E-state index contributed by atoms with van der Waals surface area (Å²) in [6.07, 6.45) is 29.9. The molecule has 0 aliphatic carbocycles. The summed E-state index contributed by atoms with van der Waals surface area (Å²) in [5.74, 6) is 0. The molecule has 0 saturated heterocycles. The molecule has 0 N–H and O–H groups in total. The van der Waals surface area contributed by atoms with Crippen LogP contribution >= 0.6 is 0 Å². The van der Waals surface area contributed by atoms with E-state index in [2.05, 4.69) is 42.9 Å². The Morgan fingerprint density at radius 1 is 0.593 bits per heavy atom. The molecule has 0 aliphatic rings. The first-order chi connectivity index (χ1) is 13.4. The molecule has 0 aliphatic heterocycles. The van der Waals surface area contributed by atoms with Crippen LogP contribution in [0.15, 0.2) is 24.5 Å². The van der Waals surface area contributed by atoms with E-state index in [0.29, 0.717) is 0 Å². The third-order valence-corrected chi connectivity index (χ3v) is 5.76. The van der Waals surface area contributed by atoms with Crippen molar-refractivity contribution >= 4 is 0 Å². The monoisotopic (exact) mass is 374 g/mol. The lowest BCUT2D eigenvalue weighted by atomic mass is 10.0. The van der Waals surface area contributed by atoms with Crippen molar-refractivity contribution in [3.63, 3.8) is 0 Å². The van der Waals surface area contributed by atoms with Crippen LogP contribution in [0.5, 0.6) is 0 Å². The average Bonchev–Trinajstić information content (AvgIpc) is 2.69. The molecule has 27 heavy (non-hydrogen) atoms. The van der Waals surface area contributed by atoms with Gasteiger partial charge in [-0.15, -0.1) is 0 Å². The third-order valence-electron chi connectivity index (χ3n) is 5.76. The Balaban J connectivity index is 1.93. The summed E-state index contributed by atoms with van der Waals surface area (Å²) < 4.78 is 2.40. The maximum atomic E-state index is 2.40. The number of aryl methyl sites for hydroxylation is 2. The second kappa shape index (κ2) is 18.5. The zero-order valence-electron chi connectivity index (χ0n) is 18.7. The SMILES string of the molecule is CCCCCCCCCCCCCCCc1ccc[n+](CCCCCC)c1. The Morgan fingerprint density at radius 3 is 1.63 bits per heavy atom. The summed E-state index contributed by atoms with van der Waals surface area (Å²) in [6, 6.07) is 4.54. The van der Waals surface area contributed by atoms with Crippen LogP contribution in [0.3, 0.4) is 0 Å². The van der Waals surface area contributed by atoms with E-state index in [-0.39, 0.29) is 0 Å². The first-order valence-corrected chi connectivity index (χ1v) is 12.3. The van der Waals surface area contributed by atoms with Crippen molar-refractivity contribution in [3.8, 4) is 0 Å². The van der Waals surface area contributed by atoms with Crippen LogP contribution in [0.1, 0.15) is 129 Å². The zero-order chi connectivity index (χ0) is 19.4. The van der Waals surface area contributed by atoms with Crippen LogP contribution in [0, 0.1) is 0 Å². The topological polar surface area (TPSA) is 3.88 Å². The van der Waals surface area contributed by atoms with E-state index in [9.17, 15) is 0 Å². The molecule has 0 amide bonds. The first kappa shape index (κ1) is 24.2. The van der Waals surface area contributed by atoms with Crippen LogP contribution in [-0.4, -0.2) is 0 Å². The number of pyridine rings is 1. The minimum Gasteiger partial charge on any atom is -0.205 e. The maximum absolute atomic E-state index is 2.40. The highest BCUT2D eigenvalue weighted by molar-refractivity contribution is 5.05. The summed E-state index contributed by atoms with van der Waals surface area (Å²) in [5, 5.41) is 0. The number of nitrogens with zero attached hydrogens (tertiary/aromatic N) is 1. The van der Waals surface area contributed by atoms with Gasteiger partial charge >= 0.3 is 0 Å². The van der Waals surface area contributed by atoms with Gasteiger partial charge in [-0.3, -0.25) is 0 Å². The van der Waals surface area contributed by atoms with Gasteiger partial charge in [-0.2, -0.15) is 0 Å². The largest absolute Gasteiger partial charge is 0.205 e. The molecule has 0 fully saturated rings. The summed E-state index contributed by atoms with van der Waals surface area (Å²) in [6.45, 7) is 5.77. The molecule has 1 heterocycles. The Hall–Kier alpha value is -0.850. The number of rotatable bonds is 19. The fourth-order valence-electron chi connectivity index (χ4n) is 3.93. The molecule has 1 nitrogen and oxygen atoms in total. The summed E-state index contributed by atoms with van der Waals surface area (Å²) in [7, 11) is 0. The van der Waals surface area contributed by atoms with Gasteiger partial charge in [0.05, 0.1) is 0 Å². The van der Waals surface area contributed by atoms with Crippen LogP contribution < -0.4 is 4.57 Å². The van der Waals surface area contributed by atoms with Gasteiger partial charge in [0.25, 0.3) is 0 Å². The predicted octanol–water partition coefficient (Wildman–Crippen LogP) is 8.19. The lowest BCUT2D eigenvalue weighted by Gasteiger charge is -2.04. The highest BCUT2D eigenvalue weighted by Gasteiger charge is 2.03. The van der Waals surface area contributed by atoms with Crippen molar-refractivity contribution in [2.24, 2.45) is 0 Å². The highest BCUT2D eigenvalue weighted by atomic mass is 14.9. The number of unbranched alkanes of at least 4 members (excludes halogenated alkanes) is 15. The molecule has 0 saturated carbocycles. The van der Waals surface area contributed by atoms with E-state index in [0.717, 1.165) is 0 Å². The molecule has 1 heteroatoms. The lowest BCUT2D eigenvalue weighted by molar-refractivity contribution is -0.697. The number of hydrogen-bond donors (Lipinski definition) is 0. The van der Waals surface area contributed by atoms with Gasteiger partial charge in [0.1, 0.15) is 6.54 Å². The van der Waals surface area contributed by atoms with Crippen molar-refractivity contribution in [3.05, 3.63) is 30.1 Å². The van der Waals surface area contributed by atoms with Gasteiger partial charge in [-0.1, -0.05) is 104 Å². The molecule has 0 aromatic carbocycles. The Bertz CT molecular complexity index is 426. The Morgan fingerprint density at radius 2 is 1.07 bits per heavy atom. The molecule has 1 aromatic rings. The molecule has 0 atom stereocenters. The van der Waals surface area contributed by atoms with Gasteiger partial charge in [0.2, 0.25) is 0 Å². The molecule has 156 valence electrons. The van der Waals surface area contributed by atoms with Gasteiger partial charge in [-0.05, 0) is 25.3 Å². The smallest absolute Gasteiger partial charge is 0.171 e. The van der Waals surface area contributed by atoms with Gasteiger partial charge in [-0.25, -0.2) is 4.57 Å². The second-order valence-corrected chi connectivity index (χ2v) is 8.50. The van der Waals surface area contributed by atoms with Crippen LogP contribution in [0.25, 0.3) is 0 Å². The summed E-state index contributed by atoms with van der Waals surface area (Å²) in [4.78, 5) is 0. The minimum atomic E-state index is 1.19. The van der Waals surface area contributed by atoms with E-state index in [1.165, 1.54) is 128 Å². The molecular weight excluding hydrogens is 326 g/mol. The van der Waals surface area contributed by atoms with Crippen molar-refractivity contribution in [1.82, 2.24) is 0 Å². The second-order valence-electron chi connectivity index (χ2n) is 8.50. The Kier molecular flexibility index (Phi) is 16.6. The normalized spacial score (nSPS) is 11.2. The maximum Gasteiger partial charge on any atom is 0.171 e. The van der Waals surface area contributed by atoms with Gasteiger partial charge < -0.3 is 0 Å². The van der Waals surface area contributed by atoms with Crippen LogP contribution in [0.2, 0.25) is 0 Å². The van der Waals surface area contributed by atoms with Crippen molar-refractivity contribution < 1.29 is 4.57 Å². The van der Waals surface area contributed by atoms with E-state index in [1.807, 2.05) is 0 Å². The number of hydrogen-bond acceptors (Lipinski definition) is 0. The molecule has 0 spiro atoms. The van der Waals surface area contributed by atoms with Crippen molar-refractivity contribution in [2.75, 3.05) is 0 Å². The third kappa shape index (κ3) is 14.8. The Labute approximate surface area is 171 Å². The first-order valence-electron chi connectivity index (χ1n) is 12.3. The molecule has 0 radical (unpaired) electrons. The molecular formula is C26H48N+. The fraction of sp³-hybridized carbons (Fsp3) is 0.808. The van der Waals surface area contributed by atoms with Crippen molar-refractivity contribution in [1.29, 1.82) is 0 Å². The minimum absolute atomic E-state index is 1.19. The zero-order valence-corrected chi connectivity index (χ0v) is 18.7. The summed E-state index contributed by atoms with van der Waals surface area (Å²) >= 11 is 0. The lowest BCUT2D eigenvalue weighted by Crippen LogP contribution is -2.33. The standard InChI is InChI=1S/C26H48N/c1-3-5-7-9-10-11-12-13-14-15-16-17-18-21-26-22-20-24-27(25-26)23-19-8-6-4-2/h20,22,24-25H,3-19,21,23H2,1-2H3/q+1. The molecule has 0 bridgehead atoms. The van der Waals surface area contributed by atoms with Crippen molar-refractivity contribution in [2.45, 2.75) is 136 Å². The van der Waals surface area contributed by atoms with Crippen LogP contribution in [-0.2, 0) is 13.0 Å². The highest BCUT2D eigenvalue weighted by Crippen LogP contribution is 2.13. The fourth-order valence-corrected chi connectivity index (χ4v) is 3.93. The summed E-state index contributed by atoms with van der Waals surface area (Å²) in [5.41, 5.74) is 1.52. The van der Waals surface area contributed by atoms with Gasteiger partial charge in [0.15, 0.2) is 12.4 Å². The van der Waals surface area contributed by atoms with Crippen LogP contribution in [0.4, 0.5) is 0 Å². The predicted molar refractivity (Wildman–Crippen MR) is 120 cm³/mol. The van der Waals surface area contributed by atoms with E-state index in [4.69, 9.17) is 0 Å². The molecule has 0 unspecified atom stereocenters. The molecule has 1 aromatic heterocycles. The van der Waals surface area contributed by atoms with Gasteiger partial charge in [0, 0.05) is 18.1 Å². The number of aromatic nitrogens is 1. The molecule has 1 rings (SSSR count). The van der Waals surface area contributed by atoms with E-state index >= 15 is 0 Å². The van der Waals surface area contributed by atoms with E-state index < -0.39 is 0 Å². The average molecular weight is 375 g/mol. The quantitative estimate of drug-likeness (QED) is 0.170.